The summed E-state index contributed by atoms with van der Waals surface area (Å²) in [6.45, 7) is 4.89. The average molecular weight is 644 g/mol. The van der Waals surface area contributed by atoms with Gasteiger partial charge < -0.3 is 14.7 Å². The maximum absolute atomic E-state index is 11.9. The first-order valence-electron chi connectivity index (χ1n) is 15.3. The van der Waals surface area contributed by atoms with Gasteiger partial charge in [-0.25, -0.2) is 12.6 Å². The van der Waals surface area contributed by atoms with Crippen LogP contribution in [-0.4, -0.2) is 49.7 Å². The Morgan fingerprint density at radius 3 is 1.56 bits per heavy atom. The van der Waals surface area contributed by atoms with E-state index in [2.05, 4.69) is 23.0 Å². The van der Waals surface area contributed by atoms with E-state index in [-0.39, 0.29) is 77.9 Å². The van der Waals surface area contributed by atoms with Gasteiger partial charge in [0.15, 0.2) is 0 Å². The molecule has 0 bridgehead atoms. The number of hydrogen-bond donors (Lipinski definition) is 1. The monoisotopic (exact) mass is 643 g/mol. The van der Waals surface area contributed by atoms with Crippen molar-refractivity contribution in [3.05, 3.63) is 0 Å². The minimum absolute atomic E-state index is 0. The van der Waals surface area contributed by atoms with Crippen molar-refractivity contribution in [3.63, 3.8) is 0 Å². The first-order valence-corrected chi connectivity index (χ1v) is 18.2. The van der Waals surface area contributed by atoms with Gasteiger partial charge in [-0.3, -0.25) is 4.55 Å². The third kappa shape index (κ3) is 31.0. The van der Waals surface area contributed by atoms with E-state index < -0.39 is 31.9 Å². The fourth-order valence-corrected chi connectivity index (χ4v) is 6.41. The summed E-state index contributed by atoms with van der Waals surface area (Å²) in [5.74, 6) is -0.0737. The zero-order valence-electron chi connectivity index (χ0n) is 26.5. The quantitative estimate of drug-likeness (QED) is 0.0424. The van der Waals surface area contributed by atoms with E-state index in [9.17, 15) is 26.5 Å². The van der Waals surface area contributed by atoms with Gasteiger partial charge in [-0.15, -0.1) is 0 Å². The van der Waals surface area contributed by atoms with Gasteiger partial charge in [0.25, 0.3) is 0 Å². The van der Waals surface area contributed by atoms with Gasteiger partial charge in [-0.1, -0.05) is 123 Å². The van der Waals surface area contributed by atoms with Crippen LogP contribution in [0, 0.1) is 0 Å². The van der Waals surface area contributed by atoms with Gasteiger partial charge in [0, 0.05) is 6.54 Å². The van der Waals surface area contributed by atoms with E-state index in [0.717, 1.165) is 57.8 Å². The molecule has 0 aliphatic rings. The summed E-state index contributed by atoms with van der Waals surface area (Å²) < 4.78 is 72.1. The van der Waals surface area contributed by atoms with E-state index >= 15 is 0 Å². The molecular weight excluding hydrogens is 588 g/mol. The summed E-state index contributed by atoms with van der Waals surface area (Å²) in [4.78, 5) is 4.13. The first kappa shape index (κ1) is 46.7. The van der Waals surface area contributed by atoms with Gasteiger partial charge >= 0.3 is 69.5 Å². The Bertz CT molecular complexity index is 827. The molecule has 0 aromatic heterocycles. The van der Waals surface area contributed by atoms with E-state index in [1.165, 1.54) is 38.5 Å². The van der Waals surface area contributed by atoms with Crippen LogP contribution in [0.3, 0.4) is 0 Å². The van der Waals surface area contributed by atoms with Crippen LogP contribution in [0.25, 0.3) is 0 Å². The fourth-order valence-electron chi connectivity index (χ4n) is 4.77. The van der Waals surface area contributed by atoms with Crippen LogP contribution in [0.15, 0.2) is 4.99 Å². The predicted octanol–water partition coefficient (Wildman–Crippen LogP) is 0.477. The molecule has 0 fully saturated rings. The second-order valence-corrected chi connectivity index (χ2v) is 13.3. The average Bonchev–Trinajstić information content (AvgIpc) is 2.84. The third-order valence-corrected chi connectivity index (χ3v) is 8.82. The number of aliphatic imine (C=N–C) groups is 1. The minimum Gasteiger partial charge on any atom is -0.862 e. The summed E-state index contributed by atoms with van der Waals surface area (Å²) in [6.07, 6.45) is 17.4. The second-order valence-electron chi connectivity index (χ2n) is 10.7. The molecule has 0 saturated carbocycles. The SMILES string of the molecule is CCCCCCCCCCN=C([O-])CCCCCCCC(C(CCCCCCCC)OS(=O)(=O)O)S(=O)(=O)[O-].[Na+].[Na+]. The standard InChI is InChI=1S/C28H57NO8S2.2Na/c1-3-5-7-9-11-12-17-21-25-29-28(30)24-20-16-13-15-19-23-27(38(31,32)33)26(37-39(34,35)36)22-18-14-10-8-6-4-2;;/h26-27H,3-25H2,1-2H3,(H,29,30)(H,31,32,33)(H,34,35,36);;/q;2*+1/p-2. The molecule has 2 unspecified atom stereocenters. The molecule has 0 spiro atoms. The van der Waals surface area contributed by atoms with Crippen LogP contribution >= 0.6 is 0 Å². The van der Waals surface area contributed by atoms with Crippen LogP contribution in [0.4, 0.5) is 0 Å². The molecule has 9 nitrogen and oxygen atoms in total. The Morgan fingerprint density at radius 1 is 0.683 bits per heavy atom. The van der Waals surface area contributed by atoms with Crippen molar-refractivity contribution in [2.45, 2.75) is 166 Å². The van der Waals surface area contributed by atoms with Crippen LogP contribution in [-0.2, 0) is 24.7 Å². The first-order chi connectivity index (χ1) is 18.5. The Hall–Kier alpha value is 1.25. The van der Waals surface area contributed by atoms with Crippen molar-refractivity contribution in [3.8, 4) is 0 Å². The molecule has 2 atom stereocenters. The minimum atomic E-state index is -4.89. The molecular formula is C28H55NNa2O8S2. The van der Waals surface area contributed by atoms with E-state index in [4.69, 9.17) is 4.55 Å². The smallest absolute Gasteiger partial charge is 0.862 e. The Labute approximate surface area is 296 Å². The third-order valence-electron chi connectivity index (χ3n) is 7.05. The van der Waals surface area contributed by atoms with Crippen LogP contribution in [0.5, 0.6) is 0 Å². The van der Waals surface area contributed by atoms with Crippen molar-refractivity contribution in [2.24, 2.45) is 4.99 Å². The molecule has 1 N–H and O–H groups in total. The zero-order valence-corrected chi connectivity index (χ0v) is 32.1. The van der Waals surface area contributed by atoms with Crippen LogP contribution in [0.1, 0.15) is 155 Å². The van der Waals surface area contributed by atoms with Crippen molar-refractivity contribution in [1.82, 2.24) is 0 Å². The number of nitrogens with zero attached hydrogens (tertiary/aromatic N) is 1. The van der Waals surface area contributed by atoms with Gasteiger partial charge in [0.2, 0.25) is 0 Å². The maximum Gasteiger partial charge on any atom is 1.00 e. The normalized spacial score (nSPS) is 13.8. The molecule has 0 amide bonds. The Morgan fingerprint density at radius 2 is 1.10 bits per heavy atom. The van der Waals surface area contributed by atoms with E-state index in [0.29, 0.717) is 38.6 Å². The summed E-state index contributed by atoms with van der Waals surface area (Å²) >= 11 is 0. The van der Waals surface area contributed by atoms with Crippen LogP contribution < -0.4 is 64.2 Å². The Balaban J connectivity index is -0.00000722. The Kier molecular flexibility index (Phi) is 34.1. The molecule has 0 aromatic carbocycles. The van der Waals surface area contributed by atoms with Gasteiger partial charge in [-0.05, 0) is 38.0 Å². The molecule has 13 heteroatoms. The summed E-state index contributed by atoms with van der Waals surface area (Å²) in [7, 11) is -9.72. The number of hydrogen-bond acceptors (Lipinski definition) is 8. The zero-order chi connectivity index (χ0) is 29.4. The predicted molar refractivity (Wildman–Crippen MR) is 155 cm³/mol. The molecule has 0 saturated heterocycles. The number of rotatable bonds is 28. The molecule has 0 radical (unpaired) electrons. The van der Waals surface area contributed by atoms with Gasteiger partial charge in [-0.2, -0.15) is 8.42 Å². The molecule has 0 aliphatic heterocycles. The second kappa shape index (κ2) is 29.9. The maximum atomic E-state index is 11.9. The largest absolute Gasteiger partial charge is 1.00 e. The van der Waals surface area contributed by atoms with Crippen molar-refractivity contribution >= 4 is 26.4 Å². The summed E-state index contributed by atoms with van der Waals surface area (Å²) in [5, 5.41) is 10.4. The molecule has 234 valence electrons. The summed E-state index contributed by atoms with van der Waals surface area (Å²) in [5.41, 5.74) is 0. The van der Waals surface area contributed by atoms with Crippen molar-refractivity contribution in [1.29, 1.82) is 0 Å². The fraction of sp³-hybridized carbons (Fsp3) is 0.964. The molecule has 0 heterocycles. The summed E-state index contributed by atoms with van der Waals surface area (Å²) in [6, 6.07) is 0. The van der Waals surface area contributed by atoms with Gasteiger partial charge in [0.1, 0.15) is 10.1 Å². The van der Waals surface area contributed by atoms with E-state index in [1.54, 1.807) is 0 Å². The van der Waals surface area contributed by atoms with Gasteiger partial charge in [0.05, 0.1) is 11.4 Å². The number of unbranched alkanes of at least 4 members (excludes halogenated alkanes) is 16. The van der Waals surface area contributed by atoms with Crippen molar-refractivity contribution < 1.29 is 94.3 Å². The molecule has 41 heavy (non-hydrogen) atoms. The molecule has 0 rings (SSSR count). The van der Waals surface area contributed by atoms with Crippen LogP contribution in [0.2, 0.25) is 0 Å². The molecule has 0 aliphatic carbocycles. The van der Waals surface area contributed by atoms with E-state index in [1.807, 2.05) is 0 Å². The molecule has 0 aromatic rings. The van der Waals surface area contributed by atoms with Crippen molar-refractivity contribution in [2.75, 3.05) is 6.54 Å². The topological polar surface area (TPSA) is 156 Å².